The fraction of sp³-hybridized carbons (Fsp3) is 0.250. The first-order chi connectivity index (χ1) is 8.16. The van der Waals surface area contributed by atoms with E-state index in [4.69, 9.17) is 5.11 Å². The number of carboxylic acids is 1. The molecule has 2 rings (SSSR count). The Morgan fingerprint density at radius 2 is 2.29 bits per heavy atom. The average molecular weight is 248 g/mol. The third-order valence-electron chi connectivity index (χ3n) is 2.35. The molecule has 0 saturated heterocycles. The van der Waals surface area contributed by atoms with Crippen LogP contribution >= 0.6 is 11.3 Å². The van der Waals surface area contributed by atoms with E-state index in [1.54, 1.807) is 17.5 Å². The van der Waals surface area contributed by atoms with Crippen molar-refractivity contribution >= 4 is 17.3 Å². The van der Waals surface area contributed by atoms with Crippen molar-refractivity contribution in [2.45, 2.75) is 19.8 Å². The van der Waals surface area contributed by atoms with E-state index in [9.17, 15) is 4.79 Å². The van der Waals surface area contributed by atoms with Crippen LogP contribution in [0.25, 0.3) is 10.7 Å². The van der Waals surface area contributed by atoms with Crippen LogP contribution in [0, 0.1) is 6.92 Å². The molecule has 0 bridgehead atoms. The van der Waals surface area contributed by atoms with Gasteiger partial charge in [-0.05, 0) is 19.1 Å². The summed E-state index contributed by atoms with van der Waals surface area (Å²) in [4.78, 5) is 20.3. The quantitative estimate of drug-likeness (QED) is 0.903. The van der Waals surface area contributed by atoms with Gasteiger partial charge in [0.15, 0.2) is 0 Å². The topological polar surface area (TPSA) is 63.1 Å². The smallest absolute Gasteiger partial charge is 0.303 e. The van der Waals surface area contributed by atoms with E-state index in [1.165, 1.54) is 0 Å². The number of aryl methyl sites for hydroxylation is 2. The van der Waals surface area contributed by atoms with Gasteiger partial charge in [-0.25, -0.2) is 4.98 Å². The van der Waals surface area contributed by atoms with E-state index in [-0.39, 0.29) is 6.42 Å². The molecule has 0 aliphatic heterocycles. The third kappa shape index (κ3) is 2.88. The van der Waals surface area contributed by atoms with Crippen molar-refractivity contribution in [3.05, 3.63) is 35.0 Å². The monoisotopic (exact) mass is 248 g/mol. The van der Waals surface area contributed by atoms with E-state index < -0.39 is 5.97 Å². The molecule has 0 saturated carbocycles. The maximum atomic E-state index is 10.5. The average Bonchev–Trinajstić information content (AvgIpc) is 2.69. The molecule has 0 radical (unpaired) electrons. The molecule has 1 N–H and O–H groups in total. The zero-order valence-electron chi connectivity index (χ0n) is 9.38. The van der Waals surface area contributed by atoms with Crippen LogP contribution in [0.5, 0.6) is 0 Å². The molecule has 0 aromatic carbocycles. The molecule has 4 nitrogen and oxygen atoms in total. The van der Waals surface area contributed by atoms with Crippen LogP contribution in [0.4, 0.5) is 0 Å². The molecule has 2 heterocycles. The summed E-state index contributed by atoms with van der Waals surface area (Å²) in [7, 11) is 0. The van der Waals surface area contributed by atoms with Gasteiger partial charge in [-0.2, -0.15) is 0 Å². The summed E-state index contributed by atoms with van der Waals surface area (Å²) in [5, 5.41) is 9.50. The number of hydrogen-bond donors (Lipinski definition) is 1. The molecule has 2 aromatic rings. The molecular weight excluding hydrogens is 236 g/mol. The van der Waals surface area contributed by atoms with E-state index in [1.807, 2.05) is 25.1 Å². The van der Waals surface area contributed by atoms with Gasteiger partial charge in [0.2, 0.25) is 0 Å². The number of thiazole rings is 1. The SMILES string of the molecule is Cc1sc(-c2ccccn2)nc1CCC(=O)O. The highest BCUT2D eigenvalue weighted by molar-refractivity contribution is 7.15. The van der Waals surface area contributed by atoms with Crippen molar-refractivity contribution in [1.82, 2.24) is 9.97 Å². The first kappa shape index (κ1) is 11.7. The Hall–Kier alpha value is -1.75. The van der Waals surface area contributed by atoms with E-state index in [0.717, 1.165) is 21.3 Å². The maximum absolute atomic E-state index is 10.5. The van der Waals surface area contributed by atoms with Crippen molar-refractivity contribution in [1.29, 1.82) is 0 Å². The van der Waals surface area contributed by atoms with Crippen molar-refractivity contribution in [3.8, 4) is 10.7 Å². The van der Waals surface area contributed by atoms with Crippen molar-refractivity contribution in [2.75, 3.05) is 0 Å². The molecule has 88 valence electrons. The molecule has 0 atom stereocenters. The molecule has 0 spiro atoms. The van der Waals surface area contributed by atoms with Crippen molar-refractivity contribution in [3.63, 3.8) is 0 Å². The number of aliphatic carboxylic acids is 1. The highest BCUT2D eigenvalue weighted by Crippen LogP contribution is 2.26. The Morgan fingerprint density at radius 3 is 2.94 bits per heavy atom. The lowest BCUT2D eigenvalue weighted by Gasteiger charge is -1.94. The standard InChI is InChI=1S/C12H12N2O2S/c1-8-9(5-6-11(15)16)14-12(17-8)10-4-2-3-7-13-10/h2-4,7H,5-6H2,1H3,(H,15,16). The Bertz CT molecular complexity index is 523. The van der Waals surface area contributed by atoms with Gasteiger partial charge in [-0.15, -0.1) is 11.3 Å². The van der Waals surface area contributed by atoms with Gasteiger partial charge in [-0.1, -0.05) is 6.07 Å². The molecule has 5 heteroatoms. The highest BCUT2D eigenvalue weighted by Gasteiger charge is 2.11. The van der Waals surface area contributed by atoms with Gasteiger partial charge in [0.1, 0.15) is 5.01 Å². The first-order valence-electron chi connectivity index (χ1n) is 5.26. The van der Waals surface area contributed by atoms with Crippen LogP contribution in [-0.4, -0.2) is 21.0 Å². The molecule has 0 fully saturated rings. The minimum Gasteiger partial charge on any atom is -0.481 e. The molecule has 0 aliphatic rings. The zero-order valence-corrected chi connectivity index (χ0v) is 10.2. The molecule has 0 amide bonds. The second-order valence-corrected chi connectivity index (χ2v) is 4.83. The lowest BCUT2D eigenvalue weighted by atomic mass is 10.2. The summed E-state index contributed by atoms with van der Waals surface area (Å²) >= 11 is 1.55. The van der Waals surface area contributed by atoms with E-state index in [0.29, 0.717) is 6.42 Å². The molecular formula is C12H12N2O2S. The zero-order chi connectivity index (χ0) is 12.3. The van der Waals surface area contributed by atoms with Crippen molar-refractivity contribution in [2.24, 2.45) is 0 Å². The Labute approximate surface area is 103 Å². The molecule has 2 aromatic heterocycles. The number of hydrogen-bond acceptors (Lipinski definition) is 4. The molecule has 17 heavy (non-hydrogen) atoms. The second kappa shape index (κ2) is 5.05. The van der Waals surface area contributed by atoms with Crippen LogP contribution < -0.4 is 0 Å². The van der Waals surface area contributed by atoms with Gasteiger partial charge < -0.3 is 5.11 Å². The number of carbonyl (C=O) groups is 1. The summed E-state index contributed by atoms with van der Waals surface area (Å²) in [5.74, 6) is -0.795. The molecule has 0 unspecified atom stereocenters. The number of rotatable bonds is 4. The fourth-order valence-electron chi connectivity index (χ4n) is 1.48. The Balaban J connectivity index is 2.22. The normalized spacial score (nSPS) is 10.4. The number of carboxylic acid groups (broad SMARTS) is 1. The lowest BCUT2D eigenvalue weighted by Crippen LogP contribution is -1.98. The lowest BCUT2D eigenvalue weighted by molar-refractivity contribution is -0.136. The Kier molecular flexibility index (Phi) is 3.49. The van der Waals surface area contributed by atoms with Gasteiger partial charge in [-0.3, -0.25) is 9.78 Å². The summed E-state index contributed by atoms with van der Waals surface area (Å²) in [6.07, 6.45) is 2.32. The predicted molar refractivity (Wildman–Crippen MR) is 66.0 cm³/mol. The van der Waals surface area contributed by atoms with Crippen LogP contribution in [-0.2, 0) is 11.2 Å². The van der Waals surface area contributed by atoms with Crippen LogP contribution in [0.15, 0.2) is 24.4 Å². The minimum absolute atomic E-state index is 0.117. The fourth-order valence-corrected chi connectivity index (χ4v) is 2.42. The van der Waals surface area contributed by atoms with Crippen LogP contribution in [0.1, 0.15) is 17.0 Å². The second-order valence-electron chi connectivity index (χ2n) is 3.63. The summed E-state index contributed by atoms with van der Waals surface area (Å²) < 4.78 is 0. The van der Waals surface area contributed by atoms with Gasteiger partial charge in [0, 0.05) is 17.5 Å². The maximum Gasteiger partial charge on any atom is 0.303 e. The van der Waals surface area contributed by atoms with Crippen LogP contribution in [0.2, 0.25) is 0 Å². The Morgan fingerprint density at radius 1 is 1.47 bits per heavy atom. The van der Waals surface area contributed by atoms with Gasteiger partial charge in [0.05, 0.1) is 17.8 Å². The minimum atomic E-state index is -0.795. The summed E-state index contributed by atoms with van der Waals surface area (Å²) in [6.45, 7) is 1.96. The van der Waals surface area contributed by atoms with Gasteiger partial charge >= 0.3 is 5.97 Å². The van der Waals surface area contributed by atoms with Crippen molar-refractivity contribution < 1.29 is 9.90 Å². The number of aromatic nitrogens is 2. The molecule has 0 aliphatic carbocycles. The largest absolute Gasteiger partial charge is 0.481 e. The third-order valence-corrected chi connectivity index (χ3v) is 3.39. The number of pyridine rings is 1. The van der Waals surface area contributed by atoms with Gasteiger partial charge in [0.25, 0.3) is 0 Å². The highest BCUT2D eigenvalue weighted by atomic mass is 32.1. The van der Waals surface area contributed by atoms with E-state index in [2.05, 4.69) is 9.97 Å². The van der Waals surface area contributed by atoms with E-state index >= 15 is 0 Å². The number of nitrogens with zero attached hydrogens (tertiary/aromatic N) is 2. The summed E-state index contributed by atoms with van der Waals surface area (Å²) in [5.41, 5.74) is 1.69. The first-order valence-corrected chi connectivity index (χ1v) is 6.08. The predicted octanol–water partition coefficient (Wildman–Crippen LogP) is 2.53. The van der Waals surface area contributed by atoms with Crippen LogP contribution in [0.3, 0.4) is 0 Å². The summed E-state index contributed by atoms with van der Waals surface area (Å²) in [6, 6.07) is 5.67.